The summed E-state index contributed by atoms with van der Waals surface area (Å²) in [6, 6.07) is 7.83. The van der Waals surface area contributed by atoms with E-state index in [0.717, 1.165) is 38.0 Å². The average Bonchev–Trinajstić information content (AvgIpc) is 3.03. The Morgan fingerprint density at radius 2 is 1.81 bits per heavy atom. The maximum Gasteiger partial charge on any atom is 0.255 e. The molecule has 12 nitrogen and oxygen atoms in total. The van der Waals surface area contributed by atoms with Crippen LogP contribution in [0.15, 0.2) is 53.0 Å². The third-order valence-electron chi connectivity index (χ3n) is 9.77. The number of phenols is 1. The van der Waals surface area contributed by atoms with E-state index in [1.54, 1.807) is 27.3 Å². The highest BCUT2D eigenvalue weighted by atomic mass is 16.5. The predicted octanol–water partition coefficient (Wildman–Crippen LogP) is 3.09. The lowest BCUT2D eigenvalue weighted by molar-refractivity contribution is -0.148. The molecule has 3 aliphatic rings. The highest BCUT2D eigenvalue weighted by Gasteiger charge is 2.63. The minimum absolute atomic E-state index is 0.00408. The first-order valence-corrected chi connectivity index (χ1v) is 16.3. The molecule has 0 aliphatic heterocycles. The number of amides is 1. The van der Waals surface area contributed by atoms with E-state index in [0.29, 0.717) is 35.6 Å². The number of allylic oxidation sites excluding steroid dienone is 1. The molecular formula is C36H45N3O9. The van der Waals surface area contributed by atoms with Crippen LogP contribution in [-0.2, 0) is 27.3 Å². The van der Waals surface area contributed by atoms with Crippen molar-refractivity contribution < 1.29 is 44.3 Å². The smallest absolute Gasteiger partial charge is 0.255 e. The predicted molar refractivity (Wildman–Crippen MR) is 178 cm³/mol. The maximum absolute atomic E-state index is 14.2. The quantitative estimate of drug-likeness (QED) is 0.136. The van der Waals surface area contributed by atoms with Gasteiger partial charge in [-0.05, 0) is 87.1 Å². The van der Waals surface area contributed by atoms with Crippen LogP contribution in [0.3, 0.4) is 0 Å². The molecule has 2 aromatic carbocycles. The Kier molecular flexibility index (Phi) is 10.3. The van der Waals surface area contributed by atoms with E-state index in [1.165, 1.54) is 11.0 Å². The van der Waals surface area contributed by atoms with E-state index in [-0.39, 0.29) is 29.7 Å². The van der Waals surface area contributed by atoms with Gasteiger partial charge in [0.05, 0.1) is 18.7 Å². The van der Waals surface area contributed by atoms with Crippen LogP contribution in [0.5, 0.6) is 11.5 Å². The number of phenolic OH excluding ortho intramolecular Hbond substituents is 1. The number of fused-ring (bicyclic) bond motifs is 3. The van der Waals surface area contributed by atoms with Gasteiger partial charge in [-0.3, -0.25) is 19.3 Å². The monoisotopic (exact) mass is 663 g/mol. The molecule has 48 heavy (non-hydrogen) atoms. The van der Waals surface area contributed by atoms with Crippen LogP contribution >= 0.6 is 0 Å². The van der Waals surface area contributed by atoms with Gasteiger partial charge in [0.25, 0.3) is 5.91 Å². The number of likely N-dealkylation sites (N-methyl/N-ethyl adjacent to an activating group) is 1. The van der Waals surface area contributed by atoms with Gasteiger partial charge in [-0.1, -0.05) is 25.5 Å². The number of Topliss-reactive ketones (excluding diaryl/α,β-unsaturated/α-hetero) is 2. The van der Waals surface area contributed by atoms with Crippen LogP contribution in [0, 0.1) is 11.8 Å². The normalized spacial score (nSPS) is 23.7. The molecule has 0 bridgehead atoms. The standard InChI is InChI=1S/C36H45N3O9/c1-5-6-13-48-14-7-12-38-18-19-8-11-26(47-4)22(15-19)21-9-10-25(40)28-23(21)16-20-17-24-30(39(2)3)32(42)29(35(37)45)34(44)36(24,46)33(43)27(20)31(28)41/h8-11,15,20,24,30,38,40,42-43,46H,5-7,12-14,16-18H2,1-4H3,(H2,37,45)/t20-,24-,30-,36-/m0/s1. The van der Waals surface area contributed by atoms with Crippen LogP contribution in [-0.4, -0.2) is 95.4 Å². The van der Waals surface area contributed by atoms with Crippen molar-refractivity contribution in [3.05, 3.63) is 69.7 Å². The number of ether oxygens (including phenoxy) is 2. The van der Waals surface area contributed by atoms with Crippen molar-refractivity contribution in [3.8, 4) is 22.6 Å². The van der Waals surface area contributed by atoms with Gasteiger partial charge in [0.1, 0.15) is 28.6 Å². The Morgan fingerprint density at radius 3 is 2.48 bits per heavy atom. The molecule has 3 aliphatic carbocycles. The number of rotatable bonds is 13. The third kappa shape index (κ3) is 5.98. The van der Waals surface area contributed by atoms with Gasteiger partial charge in [0.2, 0.25) is 5.78 Å². The Balaban J connectivity index is 1.52. The van der Waals surface area contributed by atoms with Gasteiger partial charge in [-0.2, -0.15) is 0 Å². The number of unbranched alkanes of at least 4 members (excludes halogenated alkanes) is 1. The van der Waals surface area contributed by atoms with Crippen LogP contribution in [0.2, 0.25) is 0 Å². The first-order chi connectivity index (χ1) is 22.9. The molecule has 0 saturated carbocycles. The van der Waals surface area contributed by atoms with Crippen molar-refractivity contribution in [2.45, 2.75) is 57.2 Å². The number of hydrogen-bond acceptors (Lipinski definition) is 11. The number of nitrogens with zero attached hydrogens (tertiary/aromatic N) is 1. The zero-order valence-corrected chi connectivity index (χ0v) is 27.8. The van der Waals surface area contributed by atoms with Crippen molar-refractivity contribution in [1.82, 2.24) is 10.2 Å². The number of carbonyl (C=O) groups excluding carboxylic acids is 3. The molecule has 2 aromatic rings. The number of ketones is 2. The van der Waals surface area contributed by atoms with E-state index in [4.69, 9.17) is 15.2 Å². The summed E-state index contributed by atoms with van der Waals surface area (Å²) in [6.07, 6.45) is 3.19. The largest absolute Gasteiger partial charge is 0.510 e. The van der Waals surface area contributed by atoms with Gasteiger partial charge < -0.3 is 41.0 Å². The molecule has 0 saturated heterocycles. The molecule has 0 spiro atoms. The van der Waals surface area contributed by atoms with E-state index >= 15 is 0 Å². The number of primary amides is 1. The molecule has 258 valence electrons. The number of aliphatic hydroxyl groups is 3. The van der Waals surface area contributed by atoms with Gasteiger partial charge in [0.15, 0.2) is 11.4 Å². The molecular weight excluding hydrogens is 618 g/mol. The van der Waals surface area contributed by atoms with Gasteiger partial charge in [-0.25, -0.2) is 0 Å². The fourth-order valence-corrected chi connectivity index (χ4v) is 7.46. The van der Waals surface area contributed by atoms with Crippen LogP contribution in [0.4, 0.5) is 0 Å². The maximum atomic E-state index is 14.2. The summed E-state index contributed by atoms with van der Waals surface area (Å²) in [7, 11) is 4.74. The number of nitrogens with two attached hydrogens (primary N) is 1. The van der Waals surface area contributed by atoms with Crippen LogP contribution < -0.4 is 15.8 Å². The topological polar surface area (TPSA) is 192 Å². The molecule has 0 unspecified atom stereocenters. The number of aromatic hydroxyl groups is 1. The molecule has 12 heteroatoms. The van der Waals surface area contributed by atoms with Gasteiger partial charge in [0, 0.05) is 36.8 Å². The van der Waals surface area contributed by atoms with E-state index < -0.39 is 58.0 Å². The Morgan fingerprint density at radius 1 is 1.08 bits per heavy atom. The lowest BCUT2D eigenvalue weighted by Gasteiger charge is -2.50. The van der Waals surface area contributed by atoms with Crippen LogP contribution in [0.1, 0.15) is 54.1 Å². The summed E-state index contributed by atoms with van der Waals surface area (Å²) in [5.41, 5.74) is 4.50. The Hall–Kier alpha value is -4.23. The minimum atomic E-state index is -2.69. The number of methoxy groups -OCH3 is 1. The van der Waals surface area contributed by atoms with E-state index in [1.807, 2.05) is 18.2 Å². The van der Waals surface area contributed by atoms with Crippen molar-refractivity contribution in [2.24, 2.45) is 17.6 Å². The fourth-order valence-electron chi connectivity index (χ4n) is 7.46. The lowest BCUT2D eigenvalue weighted by Crippen LogP contribution is -2.63. The molecule has 0 fully saturated rings. The van der Waals surface area contributed by atoms with Crippen molar-refractivity contribution >= 4 is 17.5 Å². The third-order valence-corrected chi connectivity index (χ3v) is 9.77. The second-order valence-corrected chi connectivity index (χ2v) is 13.0. The Labute approximate surface area is 279 Å². The number of nitrogens with one attached hydrogen (secondary N) is 1. The SMILES string of the molecule is CCCCOCCCNCc1ccc(OC)c(-c2ccc(O)c3c2C[C@H]2C[C@H]4[C@H](N(C)C)C(O)=C(C(N)=O)C(=O)[C@@]4(O)C(O)=C2C3=O)c1. The minimum Gasteiger partial charge on any atom is -0.510 e. The zero-order chi connectivity index (χ0) is 34.9. The molecule has 0 aromatic heterocycles. The lowest BCUT2D eigenvalue weighted by atomic mass is 9.58. The van der Waals surface area contributed by atoms with Crippen LogP contribution in [0.25, 0.3) is 11.1 Å². The molecule has 0 radical (unpaired) electrons. The summed E-state index contributed by atoms with van der Waals surface area (Å²) >= 11 is 0. The van der Waals surface area contributed by atoms with E-state index in [2.05, 4.69) is 12.2 Å². The summed E-state index contributed by atoms with van der Waals surface area (Å²) < 4.78 is 11.3. The number of aliphatic hydroxyl groups excluding tert-OH is 2. The second-order valence-electron chi connectivity index (χ2n) is 13.0. The van der Waals surface area contributed by atoms with Crippen molar-refractivity contribution in [2.75, 3.05) is 41.0 Å². The van der Waals surface area contributed by atoms with Crippen molar-refractivity contribution in [3.63, 3.8) is 0 Å². The van der Waals surface area contributed by atoms with Gasteiger partial charge in [-0.15, -0.1) is 0 Å². The molecule has 4 atom stereocenters. The molecule has 0 heterocycles. The summed E-state index contributed by atoms with van der Waals surface area (Å²) in [5.74, 6) is -6.33. The zero-order valence-electron chi connectivity index (χ0n) is 27.8. The number of carbonyl (C=O) groups is 3. The number of hydrogen-bond donors (Lipinski definition) is 6. The van der Waals surface area contributed by atoms with E-state index in [9.17, 15) is 34.8 Å². The summed E-state index contributed by atoms with van der Waals surface area (Å²) in [6.45, 7) is 4.93. The highest BCUT2D eigenvalue weighted by molar-refractivity contribution is 6.25. The van der Waals surface area contributed by atoms with Gasteiger partial charge >= 0.3 is 0 Å². The molecule has 5 rings (SSSR count). The van der Waals surface area contributed by atoms with Crippen molar-refractivity contribution in [1.29, 1.82) is 0 Å². The molecule has 1 amide bonds. The first-order valence-electron chi connectivity index (χ1n) is 16.3. The fraction of sp³-hybridized carbons (Fsp3) is 0.472. The molecule has 7 N–H and O–H groups in total. The number of benzene rings is 2. The summed E-state index contributed by atoms with van der Waals surface area (Å²) in [4.78, 5) is 41.5. The second kappa shape index (κ2) is 14.1. The summed E-state index contributed by atoms with van der Waals surface area (Å²) in [5, 5.41) is 48.9. The Bertz CT molecular complexity index is 1680. The highest BCUT2D eigenvalue weighted by Crippen LogP contribution is 2.53. The first kappa shape index (κ1) is 35.1. The average molecular weight is 664 g/mol.